The Morgan fingerprint density at radius 2 is 0.929 bits per heavy atom. The van der Waals surface area contributed by atoms with Crippen LogP contribution in [-0.2, 0) is 0 Å². The lowest BCUT2D eigenvalue weighted by Gasteiger charge is -2.49. The van der Waals surface area contributed by atoms with Crippen molar-refractivity contribution < 1.29 is 0 Å². The van der Waals surface area contributed by atoms with Crippen LogP contribution in [0.15, 0.2) is 0 Å². The topological polar surface area (TPSA) is 0 Å². The molecule has 6 fully saturated rings. The van der Waals surface area contributed by atoms with Crippen molar-refractivity contribution in [2.75, 3.05) is 0 Å². The Morgan fingerprint density at radius 3 is 1.21 bits per heavy atom. The van der Waals surface area contributed by atoms with Crippen LogP contribution in [0, 0.1) is 35.5 Å². The van der Waals surface area contributed by atoms with E-state index in [1.54, 1.807) is 0 Å². The van der Waals surface area contributed by atoms with Crippen molar-refractivity contribution in [3.05, 3.63) is 0 Å². The van der Waals surface area contributed by atoms with E-state index in [1.807, 2.05) is 0 Å². The van der Waals surface area contributed by atoms with Gasteiger partial charge >= 0.3 is 0 Å². The zero-order valence-corrected chi connectivity index (χ0v) is 11.2. The largest absolute Gasteiger partial charge is 0.0832 e. The highest BCUT2D eigenvalue weighted by atomic mass is 79.9. The van der Waals surface area contributed by atoms with Gasteiger partial charge in [0.25, 0.3) is 0 Å². The number of alkyl halides is 2. The van der Waals surface area contributed by atoms with E-state index in [4.69, 9.17) is 0 Å². The van der Waals surface area contributed by atoms with E-state index >= 15 is 0 Å². The van der Waals surface area contributed by atoms with Crippen LogP contribution in [0.5, 0.6) is 0 Å². The highest BCUT2D eigenvalue weighted by Gasteiger charge is 2.89. The van der Waals surface area contributed by atoms with Crippen molar-refractivity contribution in [3.8, 4) is 0 Å². The van der Waals surface area contributed by atoms with Crippen LogP contribution < -0.4 is 0 Å². The van der Waals surface area contributed by atoms with Crippen LogP contribution in [-0.4, -0.2) is 8.65 Å². The normalized spacial score (nSPS) is 81.0. The monoisotopic (exact) mass is 316 g/mol. The minimum absolute atomic E-state index is 0.543. The quantitative estimate of drug-likeness (QED) is 0.599. The Morgan fingerprint density at radius 1 is 0.643 bits per heavy atom. The first-order valence-corrected chi connectivity index (χ1v) is 7.67. The molecule has 0 aromatic heterocycles. The second-order valence-electron chi connectivity index (χ2n) is 6.27. The Bertz CT molecular complexity index is 292. The average molecular weight is 318 g/mol. The molecule has 2 heteroatoms. The molecule has 6 rings (SSSR count). The minimum Gasteiger partial charge on any atom is -0.0832 e. The molecule has 0 nitrogen and oxygen atoms in total. The Balaban J connectivity index is 1.87. The standard InChI is InChI=1S/C12H14Br2/c13-11-5-1-2-6-9(5)10-7(11)3-4-8(10)12(6,11)14/h5-10H,1-4H2. The maximum absolute atomic E-state index is 4.22. The Kier molecular flexibility index (Phi) is 1.11. The van der Waals surface area contributed by atoms with Gasteiger partial charge in [-0.15, -0.1) is 0 Å². The second kappa shape index (κ2) is 1.92. The first kappa shape index (κ1) is 8.11. The van der Waals surface area contributed by atoms with Gasteiger partial charge in [-0.25, -0.2) is 0 Å². The van der Waals surface area contributed by atoms with Crippen LogP contribution in [0.4, 0.5) is 0 Å². The molecule has 76 valence electrons. The molecule has 6 aliphatic rings. The van der Waals surface area contributed by atoms with E-state index in [1.165, 1.54) is 25.7 Å². The molecule has 8 bridgehead atoms. The van der Waals surface area contributed by atoms with Gasteiger partial charge in [0.05, 0.1) is 0 Å². The summed E-state index contributed by atoms with van der Waals surface area (Å²) in [7, 11) is 0. The average Bonchev–Trinajstić information content (AvgIpc) is 2.82. The summed E-state index contributed by atoms with van der Waals surface area (Å²) in [5, 5.41) is 0. The molecular formula is C12H14Br2. The fraction of sp³-hybridized carbons (Fsp3) is 1.00. The van der Waals surface area contributed by atoms with E-state index in [0.29, 0.717) is 8.65 Å². The highest BCUT2D eigenvalue weighted by Crippen LogP contribution is 2.89. The van der Waals surface area contributed by atoms with Gasteiger partial charge in [-0.05, 0) is 61.2 Å². The van der Waals surface area contributed by atoms with Crippen LogP contribution in [0.1, 0.15) is 25.7 Å². The molecule has 0 N–H and O–H groups in total. The number of hydrogen-bond acceptors (Lipinski definition) is 0. The lowest BCUT2D eigenvalue weighted by atomic mass is 9.70. The van der Waals surface area contributed by atoms with E-state index in [-0.39, 0.29) is 0 Å². The van der Waals surface area contributed by atoms with Crippen molar-refractivity contribution in [1.29, 1.82) is 0 Å². The van der Waals surface area contributed by atoms with Gasteiger partial charge in [0.2, 0.25) is 0 Å². The molecule has 0 radical (unpaired) electrons. The van der Waals surface area contributed by atoms with Gasteiger partial charge in [-0.2, -0.15) is 0 Å². The molecule has 0 saturated heterocycles. The third-order valence-corrected chi connectivity index (χ3v) is 10.8. The smallest absolute Gasteiger partial charge is 0.0478 e. The molecule has 6 saturated carbocycles. The molecule has 0 aromatic rings. The fourth-order valence-corrected chi connectivity index (χ4v) is 10.1. The number of halogens is 2. The minimum atomic E-state index is 0.543. The third-order valence-electron chi connectivity index (χ3n) is 6.63. The zero-order valence-electron chi connectivity index (χ0n) is 8.05. The molecule has 4 atom stereocenters. The van der Waals surface area contributed by atoms with Crippen molar-refractivity contribution in [2.24, 2.45) is 35.5 Å². The van der Waals surface area contributed by atoms with Crippen LogP contribution in [0.25, 0.3) is 0 Å². The van der Waals surface area contributed by atoms with E-state index in [2.05, 4.69) is 31.9 Å². The van der Waals surface area contributed by atoms with Gasteiger partial charge in [-0.1, -0.05) is 31.9 Å². The van der Waals surface area contributed by atoms with Crippen LogP contribution >= 0.6 is 31.9 Å². The molecule has 6 aliphatic carbocycles. The second-order valence-corrected chi connectivity index (χ2v) is 8.90. The number of hydrogen-bond donors (Lipinski definition) is 0. The summed E-state index contributed by atoms with van der Waals surface area (Å²) in [5.74, 6) is 6.39. The van der Waals surface area contributed by atoms with Gasteiger partial charge in [-0.3, -0.25) is 0 Å². The van der Waals surface area contributed by atoms with Crippen molar-refractivity contribution in [1.82, 2.24) is 0 Å². The summed E-state index contributed by atoms with van der Waals surface area (Å²) >= 11 is 8.43. The molecular weight excluding hydrogens is 304 g/mol. The summed E-state index contributed by atoms with van der Waals surface area (Å²) in [6, 6.07) is 0. The maximum atomic E-state index is 4.22. The predicted molar refractivity (Wildman–Crippen MR) is 62.7 cm³/mol. The van der Waals surface area contributed by atoms with Crippen molar-refractivity contribution in [2.45, 2.75) is 34.3 Å². The summed E-state index contributed by atoms with van der Waals surface area (Å²) in [4.78, 5) is 0. The predicted octanol–water partition coefficient (Wildman–Crippen LogP) is 3.58. The molecule has 0 heterocycles. The molecule has 4 unspecified atom stereocenters. The lowest BCUT2D eigenvalue weighted by Crippen LogP contribution is -2.53. The van der Waals surface area contributed by atoms with Crippen LogP contribution in [0.3, 0.4) is 0 Å². The first-order chi connectivity index (χ1) is 6.70. The summed E-state index contributed by atoms with van der Waals surface area (Å²) in [5.41, 5.74) is 0. The SMILES string of the molecule is BrC12C3CCC4C3C3C1CCC3C42Br. The Labute approximate surface area is 101 Å². The van der Waals surface area contributed by atoms with Gasteiger partial charge in [0.1, 0.15) is 0 Å². The molecule has 0 aliphatic heterocycles. The molecule has 0 aromatic carbocycles. The van der Waals surface area contributed by atoms with Crippen LogP contribution in [0.2, 0.25) is 0 Å². The molecule has 0 spiro atoms. The molecule has 14 heavy (non-hydrogen) atoms. The summed E-state index contributed by atoms with van der Waals surface area (Å²) in [6.45, 7) is 0. The van der Waals surface area contributed by atoms with Crippen molar-refractivity contribution in [3.63, 3.8) is 0 Å². The molecule has 0 amide bonds. The Hall–Kier alpha value is 0.960. The van der Waals surface area contributed by atoms with Crippen molar-refractivity contribution >= 4 is 31.9 Å². The lowest BCUT2D eigenvalue weighted by molar-refractivity contribution is 0.222. The third kappa shape index (κ3) is 0.453. The summed E-state index contributed by atoms with van der Waals surface area (Å²) in [6.07, 6.45) is 6.09. The highest BCUT2D eigenvalue weighted by molar-refractivity contribution is 9.13. The van der Waals surface area contributed by atoms with Gasteiger partial charge in [0.15, 0.2) is 0 Å². The maximum Gasteiger partial charge on any atom is 0.0478 e. The summed E-state index contributed by atoms with van der Waals surface area (Å²) < 4.78 is 1.09. The van der Waals surface area contributed by atoms with E-state index in [0.717, 1.165) is 35.5 Å². The van der Waals surface area contributed by atoms with E-state index < -0.39 is 0 Å². The van der Waals surface area contributed by atoms with Gasteiger partial charge in [0, 0.05) is 8.65 Å². The zero-order chi connectivity index (χ0) is 9.29. The number of rotatable bonds is 0. The first-order valence-electron chi connectivity index (χ1n) is 6.08. The van der Waals surface area contributed by atoms with E-state index in [9.17, 15) is 0 Å². The fourth-order valence-electron chi connectivity index (χ4n) is 6.77. The van der Waals surface area contributed by atoms with Gasteiger partial charge < -0.3 is 0 Å².